The average Bonchev–Trinajstić information content (AvgIpc) is 3.48. The van der Waals surface area contributed by atoms with Gasteiger partial charge in [-0.3, -0.25) is 34.4 Å². The number of carbonyl (C=O) groups is 4. The van der Waals surface area contributed by atoms with Gasteiger partial charge >= 0.3 is 0 Å². The fraction of sp³-hybridized carbons (Fsp3) is 0.390. The molecule has 7 rings (SSSR count). The summed E-state index contributed by atoms with van der Waals surface area (Å²) in [6.45, 7) is 6.44. The minimum atomic E-state index is -1.04. The molecule has 298 valence electrons. The molecule has 4 aliphatic heterocycles. The molecule has 1 aromatic heterocycles. The number of nitrogens with one attached hydrogen (secondary N) is 5. The van der Waals surface area contributed by atoms with Gasteiger partial charge in [0.2, 0.25) is 17.8 Å². The van der Waals surface area contributed by atoms with Gasteiger partial charge in [0, 0.05) is 68.2 Å². The van der Waals surface area contributed by atoms with Crippen LogP contribution in [-0.4, -0.2) is 91.6 Å². The van der Waals surface area contributed by atoms with Crippen LogP contribution in [0.5, 0.6) is 0 Å². The molecule has 4 aliphatic rings. The molecule has 5 N–H and O–H groups in total. The zero-order chi connectivity index (χ0) is 40.4. The molecule has 2 atom stereocenters. The summed E-state index contributed by atoms with van der Waals surface area (Å²) in [6, 6.07) is 10.9. The van der Waals surface area contributed by atoms with E-state index in [1.807, 2.05) is 4.90 Å². The molecule has 2 aromatic carbocycles. The number of halogens is 2. The van der Waals surface area contributed by atoms with Crippen molar-refractivity contribution in [3.05, 3.63) is 93.6 Å². The summed E-state index contributed by atoms with van der Waals surface area (Å²) in [4.78, 5) is 63.9. The van der Waals surface area contributed by atoms with Crippen molar-refractivity contribution in [2.45, 2.75) is 57.9 Å². The number of aliphatic imine (C=N–C) groups is 1. The summed E-state index contributed by atoms with van der Waals surface area (Å²) < 4.78 is 36.0. The van der Waals surface area contributed by atoms with Gasteiger partial charge in [0.05, 0.1) is 41.2 Å². The molecule has 5 heterocycles. The average molecular weight is 782 g/mol. The first kappa shape index (κ1) is 39.2. The number of allylic oxidation sites excluding steroid dienone is 1. The van der Waals surface area contributed by atoms with Crippen LogP contribution in [0.1, 0.15) is 81.8 Å². The second-order valence-corrected chi connectivity index (χ2v) is 15.0. The molecule has 2 bridgehead atoms. The maximum absolute atomic E-state index is 15.0. The number of hydrogen-bond acceptors (Lipinski definition) is 11. The number of benzene rings is 2. The van der Waals surface area contributed by atoms with Crippen LogP contribution in [-0.2, 0) is 20.7 Å². The Morgan fingerprint density at radius 2 is 1.82 bits per heavy atom. The molecule has 57 heavy (non-hydrogen) atoms. The summed E-state index contributed by atoms with van der Waals surface area (Å²) in [5, 5.41) is 19.6. The second kappa shape index (κ2) is 16.6. The van der Waals surface area contributed by atoms with Gasteiger partial charge in [-0.15, -0.1) is 0 Å². The maximum Gasteiger partial charge on any atom is 0.280 e. The van der Waals surface area contributed by atoms with Gasteiger partial charge in [0.25, 0.3) is 11.8 Å². The lowest BCUT2D eigenvalue weighted by Gasteiger charge is -2.39. The number of ether oxygens (including phenoxy) is 1. The van der Waals surface area contributed by atoms with Crippen LogP contribution < -0.4 is 26.2 Å². The van der Waals surface area contributed by atoms with Gasteiger partial charge in [-0.25, -0.2) is 8.78 Å². The SMILES string of the molecule is CN/C1=C(\C=N)c2cc(cc(C)n2)C(=O)/N=C2\Nc3ccc(C(=O)NC4CN(CCc5cc(F)c([C@H]6CCC(=O)NC6=O)c(F)c5)C4)cc3N2C[C@H](C)CCCO1. The number of nitrogens with zero attached hydrogens (tertiary/aromatic N) is 4. The fourth-order valence-electron chi connectivity index (χ4n) is 7.70. The van der Waals surface area contributed by atoms with Crippen LogP contribution in [0.25, 0.3) is 5.57 Å². The molecule has 0 unspecified atom stereocenters. The van der Waals surface area contributed by atoms with Crippen molar-refractivity contribution in [1.82, 2.24) is 25.8 Å². The molecular formula is C41H45F2N9O5. The third-order valence-corrected chi connectivity index (χ3v) is 10.7. The number of anilines is 2. The lowest BCUT2D eigenvalue weighted by Crippen LogP contribution is -2.59. The number of rotatable bonds is 8. The molecule has 0 aliphatic carbocycles. The second-order valence-electron chi connectivity index (χ2n) is 15.0. The molecular weight excluding hydrogens is 737 g/mol. The zero-order valence-corrected chi connectivity index (χ0v) is 32.0. The maximum atomic E-state index is 15.0. The molecule has 2 fully saturated rings. The van der Waals surface area contributed by atoms with Crippen molar-refractivity contribution < 1.29 is 32.7 Å². The third kappa shape index (κ3) is 8.55. The largest absolute Gasteiger partial charge is 0.479 e. The lowest BCUT2D eigenvalue weighted by molar-refractivity contribution is -0.134. The number of guanidine groups is 1. The molecule has 0 spiro atoms. The van der Waals surface area contributed by atoms with Crippen molar-refractivity contribution in [3.8, 4) is 0 Å². The van der Waals surface area contributed by atoms with Crippen molar-refractivity contribution in [3.63, 3.8) is 0 Å². The zero-order valence-electron chi connectivity index (χ0n) is 32.0. The van der Waals surface area contributed by atoms with Gasteiger partial charge in [0.1, 0.15) is 11.6 Å². The predicted molar refractivity (Wildman–Crippen MR) is 210 cm³/mol. The Bertz CT molecular complexity index is 2180. The van der Waals surface area contributed by atoms with Crippen LogP contribution in [0.4, 0.5) is 20.2 Å². The van der Waals surface area contributed by atoms with Gasteiger partial charge in [0.15, 0.2) is 5.88 Å². The van der Waals surface area contributed by atoms with Crippen LogP contribution in [0.3, 0.4) is 0 Å². The van der Waals surface area contributed by atoms with Crippen LogP contribution in [0, 0.1) is 29.9 Å². The number of aryl methyl sites for hydroxylation is 1. The summed E-state index contributed by atoms with van der Waals surface area (Å²) in [5.74, 6) is -3.64. The Kier molecular flexibility index (Phi) is 11.4. The third-order valence-electron chi connectivity index (χ3n) is 10.7. The molecule has 4 amide bonds. The number of piperidine rings is 1. The monoisotopic (exact) mass is 781 g/mol. The smallest absolute Gasteiger partial charge is 0.280 e. The topological polar surface area (TPSA) is 181 Å². The Labute approximate surface area is 328 Å². The highest BCUT2D eigenvalue weighted by molar-refractivity contribution is 6.20. The standard InChI is InChI=1S/C41H45F2N9O5/c1-22-5-4-12-57-40(45-3)29(18-44)33-16-26(13-23(2)46-33)38(55)50-41-48-32-8-6-25(17-34(32)52(41)19-22)37(54)47-27-20-51(21-27)11-10-24-14-30(42)36(31(43)15-24)28-7-9-35(53)49-39(28)56/h6,8,13-18,22,27-28,44-45H,4-5,7,9-12,19-21H2,1-3H3,(H,47,54)(H,48,50,55)(H,49,53,56)/b40-29-,44-18?/t22-,28-/m1/s1. The predicted octanol–water partition coefficient (Wildman–Crippen LogP) is 4.26. The minimum absolute atomic E-state index is 0.0269. The van der Waals surface area contributed by atoms with Crippen molar-refractivity contribution in [2.75, 3.05) is 50.1 Å². The summed E-state index contributed by atoms with van der Waals surface area (Å²) in [6.07, 6.45) is 3.14. The van der Waals surface area contributed by atoms with E-state index in [9.17, 15) is 28.0 Å². The van der Waals surface area contributed by atoms with Crippen LogP contribution >= 0.6 is 0 Å². The van der Waals surface area contributed by atoms with E-state index in [1.54, 1.807) is 44.3 Å². The highest BCUT2D eigenvalue weighted by Crippen LogP contribution is 2.35. The quantitative estimate of drug-likeness (QED) is 0.164. The number of fused-ring (bicyclic) bond motifs is 5. The highest BCUT2D eigenvalue weighted by atomic mass is 19.1. The van der Waals surface area contributed by atoms with E-state index in [2.05, 4.69) is 43.1 Å². The summed E-state index contributed by atoms with van der Waals surface area (Å²) in [5.41, 5.74) is 3.73. The normalized spacial score (nSPS) is 22.6. The number of likely N-dealkylation sites (tertiary alicyclic amines) is 1. The van der Waals surface area contributed by atoms with E-state index in [1.165, 1.54) is 12.1 Å². The number of carbonyl (C=O) groups excluding carboxylic acids is 4. The van der Waals surface area contributed by atoms with E-state index >= 15 is 0 Å². The van der Waals surface area contributed by atoms with Gasteiger partial charge in [-0.2, -0.15) is 4.99 Å². The van der Waals surface area contributed by atoms with Crippen molar-refractivity contribution >= 4 is 52.8 Å². The Hall–Kier alpha value is -6.03. The van der Waals surface area contributed by atoms with Crippen molar-refractivity contribution in [1.29, 1.82) is 5.41 Å². The molecule has 16 heteroatoms. The van der Waals surface area contributed by atoms with Gasteiger partial charge in [-0.1, -0.05) is 6.92 Å². The van der Waals surface area contributed by atoms with Crippen LogP contribution in [0.2, 0.25) is 0 Å². The minimum Gasteiger partial charge on any atom is -0.479 e. The number of imide groups is 1. The molecule has 3 aromatic rings. The van der Waals surface area contributed by atoms with E-state index < -0.39 is 35.3 Å². The van der Waals surface area contributed by atoms with Crippen molar-refractivity contribution in [2.24, 2.45) is 10.9 Å². The van der Waals surface area contributed by atoms with Crippen LogP contribution in [0.15, 0.2) is 53.3 Å². The molecule has 2 saturated heterocycles. The Morgan fingerprint density at radius 3 is 2.54 bits per heavy atom. The molecule has 0 radical (unpaired) electrons. The van der Waals surface area contributed by atoms with Gasteiger partial charge in [-0.05, 0) is 86.6 Å². The highest BCUT2D eigenvalue weighted by Gasteiger charge is 2.34. The van der Waals surface area contributed by atoms with E-state index in [0.717, 1.165) is 24.7 Å². The summed E-state index contributed by atoms with van der Waals surface area (Å²) in [7, 11) is 1.71. The molecule has 0 saturated carbocycles. The van der Waals surface area contributed by atoms with E-state index in [-0.39, 0.29) is 36.3 Å². The summed E-state index contributed by atoms with van der Waals surface area (Å²) >= 11 is 0. The first-order valence-corrected chi connectivity index (χ1v) is 19.1. The number of amides is 4. The molecule has 14 nitrogen and oxygen atoms in total. The Balaban J connectivity index is 1.01. The Morgan fingerprint density at radius 1 is 1.05 bits per heavy atom. The fourth-order valence-corrected chi connectivity index (χ4v) is 7.70. The number of hydrogen-bond donors (Lipinski definition) is 5. The van der Waals surface area contributed by atoms with E-state index in [0.29, 0.717) is 90.4 Å². The lowest BCUT2D eigenvalue weighted by atomic mass is 9.89. The van der Waals surface area contributed by atoms with Gasteiger partial charge < -0.3 is 31.0 Å². The first-order valence-electron chi connectivity index (χ1n) is 19.1. The first-order chi connectivity index (χ1) is 27.4. The van der Waals surface area contributed by atoms with E-state index in [4.69, 9.17) is 10.1 Å². The number of pyridine rings is 1. The number of aromatic nitrogens is 1.